The van der Waals surface area contributed by atoms with Crippen LogP contribution in [0.3, 0.4) is 0 Å². The number of carbonyl (C=O) groups excluding carboxylic acids is 2. The molecule has 0 N–H and O–H groups in total. The van der Waals surface area contributed by atoms with Crippen molar-refractivity contribution in [3.05, 3.63) is 70.9 Å². The summed E-state index contributed by atoms with van der Waals surface area (Å²) >= 11 is 6.28. The van der Waals surface area contributed by atoms with Gasteiger partial charge in [0, 0.05) is 12.2 Å². The number of imide groups is 1. The van der Waals surface area contributed by atoms with Crippen LogP contribution in [0.25, 0.3) is 0 Å². The monoisotopic (exact) mass is 354 g/mol. The summed E-state index contributed by atoms with van der Waals surface area (Å²) in [5, 5.41) is -0.0460. The Kier molecular flexibility index (Phi) is 4.91. The van der Waals surface area contributed by atoms with E-state index < -0.39 is 11.8 Å². The van der Waals surface area contributed by atoms with Crippen molar-refractivity contribution in [3.8, 4) is 0 Å². The van der Waals surface area contributed by atoms with Gasteiger partial charge in [-0.25, -0.2) is 4.90 Å². The lowest BCUT2D eigenvalue weighted by Crippen LogP contribution is -2.35. The second kappa shape index (κ2) is 7.11. The van der Waals surface area contributed by atoms with Crippen molar-refractivity contribution in [2.45, 2.75) is 20.3 Å². The SMILES string of the molecule is CCc1ccc(N2C(=O)C(Cl)=C(N(CC)c3ccccc3)C2=O)cc1. The second-order valence-electron chi connectivity index (χ2n) is 5.71. The number of nitrogens with zero attached hydrogens (tertiary/aromatic N) is 2. The molecule has 3 rings (SSSR count). The molecular weight excluding hydrogens is 336 g/mol. The van der Waals surface area contributed by atoms with E-state index in [0.29, 0.717) is 12.2 Å². The standard InChI is InChI=1S/C20H19ClN2O2/c1-3-14-10-12-16(13-11-14)23-19(24)17(21)18(20(23)25)22(4-2)15-8-6-5-7-9-15/h5-13H,3-4H2,1-2H3. The van der Waals surface area contributed by atoms with E-state index in [0.717, 1.165) is 22.6 Å². The Morgan fingerprint density at radius 2 is 1.56 bits per heavy atom. The van der Waals surface area contributed by atoms with Gasteiger partial charge in [0.15, 0.2) is 0 Å². The summed E-state index contributed by atoms with van der Waals surface area (Å²) in [6.45, 7) is 4.49. The topological polar surface area (TPSA) is 40.6 Å². The van der Waals surface area contributed by atoms with E-state index in [1.54, 1.807) is 17.0 Å². The first-order valence-corrected chi connectivity index (χ1v) is 8.66. The number of amides is 2. The predicted octanol–water partition coefficient (Wildman–Crippen LogP) is 4.10. The predicted molar refractivity (Wildman–Crippen MR) is 101 cm³/mol. The highest BCUT2D eigenvalue weighted by atomic mass is 35.5. The first-order chi connectivity index (χ1) is 12.1. The third kappa shape index (κ3) is 3.05. The van der Waals surface area contributed by atoms with Crippen LogP contribution in [-0.4, -0.2) is 18.4 Å². The van der Waals surface area contributed by atoms with Crippen LogP contribution < -0.4 is 9.80 Å². The Labute approximate surface area is 152 Å². The van der Waals surface area contributed by atoms with E-state index >= 15 is 0 Å². The van der Waals surface area contributed by atoms with Crippen LogP contribution in [-0.2, 0) is 16.0 Å². The summed E-state index contributed by atoms with van der Waals surface area (Å²) < 4.78 is 0. The molecule has 0 spiro atoms. The van der Waals surface area contributed by atoms with Crippen LogP contribution in [0.15, 0.2) is 65.3 Å². The fraction of sp³-hybridized carbons (Fsp3) is 0.200. The molecule has 0 saturated heterocycles. The fourth-order valence-corrected chi connectivity index (χ4v) is 3.19. The molecule has 0 fully saturated rings. The molecule has 2 aromatic rings. The number of rotatable bonds is 5. The van der Waals surface area contributed by atoms with Crippen LogP contribution in [0.2, 0.25) is 0 Å². The highest BCUT2D eigenvalue weighted by Gasteiger charge is 2.41. The number of benzene rings is 2. The molecule has 1 heterocycles. The number of para-hydroxylation sites is 1. The Balaban J connectivity index is 1.98. The summed E-state index contributed by atoms with van der Waals surface area (Å²) in [4.78, 5) is 28.5. The lowest BCUT2D eigenvalue weighted by molar-refractivity contribution is -0.120. The molecule has 2 aromatic carbocycles. The number of likely N-dealkylation sites (N-methyl/N-ethyl adjacent to an activating group) is 1. The molecule has 4 nitrogen and oxygen atoms in total. The quantitative estimate of drug-likeness (QED) is 0.759. The van der Waals surface area contributed by atoms with Crippen molar-refractivity contribution in [1.82, 2.24) is 0 Å². The van der Waals surface area contributed by atoms with Gasteiger partial charge in [-0.05, 0) is 43.2 Å². The average Bonchev–Trinajstić information content (AvgIpc) is 2.87. The summed E-state index contributed by atoms with van der Waals surface area (Å²) in [6.07, 6.45) is 0.893. The number of hydrogen-bond acceptors (Lipinski definition) is 3. The number of aryl methyl sites for hydroxylation is 1. The molecule has 5 heteroatoms. The first kappa shape index (κ1) is 17.2. The van der Waals surface area contributed by atoms with Crippen LogP contribution in [0.1, 0.15) is 19.4 Å². The van der Waals surface area contributed by atoms with E-state index in [4.69, 9.17) is 11.6 Å². The van der Waals surface area contributed by atoms with Gasteiger partial charge in [0.1, 0.15) is 10.7 Å². The van der Waals surface area contributed by atoms with Crippen molar-refractivity contribution in [2.24, 2.45) is 0 Å². The normalized spacial score (nSPS) is 14.4. The summed E-state index contributed by atoms with van der Waals surface area (Å²) in [5.74, 6) is -0.884. The van der Waals surface area contributed by atoms with Crippen LogP contribution in [0.5, 0.6) is 0 Å². The smallest absolute Gasteiger partial charge is 0.283 e. The van der Waals surface area contributed by atoms with Crippen molar-refractivity contribution in [1.29, 1.82) is 0 Å². The largest absolute Gasteiger partial charge is 0.336 e. The first-order valence-electron chi connectivity index (χ1n) is 8.28. The lowest BCUT2D eigenvalue weighted by atomic mass is 10.1. The molecule has 0 unspecified atom stereocenters. The lowest BCUT2D eigenvalue weighted by Gasteiger charge is -2.24. The van der Waals surface area contributed by atoms with E-state index in [9.17, 15) is 9.59 Å². The van der Waals surface area contributed by atoms with E-state index in [2.05, 4.69) is 6.92 Å². The molecule has 0 radical (unpaired) electrons. The fourth-order valence-electron chi connectivity index (χ4n) is 2.92. The molecule has 2 amide bonds. The maximum atomic E-state index is 13.0. The Hall–Kier alpha value is -2.59. The molecular formula is C20H19ClN2O2. The van der Waals surface area contributed by atoms with Crippen molar-refractivity contribution in [2.75, 3.05) is 16.3 Å². The summed E-state index contributed by atoms with van der Waals surface area (Å²) in [5.41, 5.74) is 2.72. The summed E-state index contributed by atoms with van der Waals surface area (Å²) in [6, 6.07) is 16.8. The average molecular weight is 355 g/mol. The number of carbonyl (C=O) groups is 2. The number of halogens is 1. The van der Waals surface area contributed by atoms with Gasteiger partial charge in [-0.1, -0.05) is 48.9 Å². The third-order valence-corrected chi connectivity index (χ3v) is 4.60. The van der Waals surface area contributed by atoms with Gasteiger partial charge in [-0.3, -0.25) is 9.59 Å². The zero-order chi connectivity index (χ0) is 18.0. The maximum Gasteiger partial charge on any atom is 0.283 e. The number of hydrogen-bond donors (Lipinski definition) is 0. The minimum Gasteiger partial charge on any atom is -0.336 e. The molecule has 0 bridgehead atoms. The Bertz CT molecular complexity index is 829. The Morgan fingerprint density at radius 3 is 2.12 bits per heavy atom. The molecule has 0 atom stereocenters. The van der Waals surface area contributed by atoms with Gasteiger partial charge >= 0.3 is 0 Å². The van der Waals surface area contributed by atoms with E-state index in [1.165, 1.54) is 0 Å². The van der Waals surface area contributed by atoms with Crippen LogP contribution >= 0.6 is 11.6 Å². The van der Waals surface area contributed by atoms with Gasteiger partial charge in [0.05, 0.1) is 5.69 Å². The molecule has 25 heavy (non-hydrogen) atoms. The van der Waals surface area contributed by atoms with Crippen molar-refractivity contribution < 1.29 is 9.59 Å². The highest BCUT2D eigenvalue weighted by molar-refractivity contribution is 6.53. The minimum atomic E-state index is -0.486. The zero-order valence-electron chi connectivity index (χ0n) is 14.2. The van der Waals surface area contributed by atoms with Gasteiger partial charge in [-0.15, -0.1) is 0 Å². The Morgan fingerprint density at radius 1 is 0.920 bits per heavy atom. The molecule has 0 saturated carbocycles. The molecule has 1 aliphatic heterocycles. The zero-order valence-corrected chi connectivity index (χ0v) is 15.0. The highest BCUT2D eigenvalue weighted by Crippen LogP contribution is 2.33. The van der Waals surface area contributed by atoms with Gasteiger partial charge < -0.3 is 4.90 Å². The van der Waals surface area contributed by atoms with Crippen molar-refractivity contribution >= 4 is 34.8 Å². The second-order valence-corrected chi connectivity index (χ2v) is 6.09. The molecule has 1 aliphatic rings. The van der Waals surface area contributed by atoms with Crippen LogP contribution in [0.4, 0.5) is 11.4 Å². The maximum absolute atomic E-state index is 13.0. The summed E-state index contributed by atoms with van der Waals surface area (Å²) in [7, 11) is 0. The van der Waals surface area contributed by atoms with E-state index in [1.807, 2.05) is 49.4 Å². The number of anilines is 2. The third-order valence-electron chi connectivity index (χ3n) is 4.26. The van der Waals surface area contributed by atoms with Crippen molar-refractivity contribution in [3.63, 3.8) is 0 Å². The van der Waals surface area contributed by atoms with E-state index in [-0.39, 0.29) is 10.7 Å². The van der Waals surface area contributed by atoms with Gasteiger partial charge in [0.25, 0.3) is 11.8 Å². The minimum absolute atomic E-state index is 0.0460. The molecule has 0 aliphatic carbocycles. The van der Waals surface area contributed by atoms with Gasteiger partial charge in [-0.2, -0.15) is 0 Å². The van der Waals surface area contributed by atoms with Gasteiger partial charge in [0.2, 0.25) is 0 Å². The molecule has 0 aromatic heterocycles. The molecule has 128 valence electrons. The van der Waals surface area contributed by atoms with Crippen LogP contribution in [0, 0.1) is 0 Å².